The molecule has 0 bridgehead atoms. The Balaban J connectivity index is 1.75. The topological polar surface area (TPSA) is 62.5 Å². The van der Waals surface area contributed by atoms with Gasteiger partial charge in [-0.15, -0.1) is 0 Å². The summed E-state index contributed by atoms with van der Waals surface area (Å²) >= 11 is 1.50. The van der Waals surface area contributed by atoms with Crippen LogP contribution in [-0.4, -0.2) is 45.7 Å². The van der Waals surface area contributed by atoms with Crippen LogP contribution in [0.25, 0.3) is 4.96 Å². The van der Waals surface area contributed by atoms with Crippen molar-refractivity contribution in [2.45, 2.75) is 38.8 Å². The van der Waals surface area contributed by atoms with E-state index in [9.17, 15) is 4.79 Å². The van der Waals surface area contributed by atoms with Gasteiger partial charge in [0.15, 0.2) is 0 Å². The van der Waals surface area contributed by atoms with Crippen molar-refractivity contribution in [3.63, 3.8) is 0 Å². The third kappa shape index (κ3) is 3.30. The molecule has 21 heavy (non-hydrogen) atoms. The highest BCUT2D eigenvalue weighted by molar-refractivity contribution is 7.16. The fourth-order valence-electron chi connectivity index (χ4n) is 2.75. The van der Waals surface area contributed by atoms with Crippen LogP contribution in [0.3, 0.4) is 0 Å². The minimum atomic E-state index is -0.0849. The summed E-state index contributed by atoms with van der Waals surface area (Å²) in [7, 11) is 2.08. The molecular weight excluding hydrogens is 286 g/mol. The van der Waals surface area contributed by atoms with E-state index in [1.165, 1.54) is 28.7 Å². The van der Waals surface area contributed by atoms with E-state index >= 15 is 0 Å². The highest BCUT2D eigenvalue weighted by Gasteiger charge is 2.16. The number of likely N-dealkylation sites (N-methyl/N-ethyl adjacent to an activating group) is 1. The van der Waals surface area contributed by atoms with Gasteiger partial charge in [-0.3, -0.25) is 9.69 Å². The molecule has 1 aliphatic heterocycles. The Hall–Kier alpha value is -1.31. The largest absolute Gasteiger partial charge is 0.313 e. The van der Waals surface area contributed by atoms with Gasteiger partial charge in [0.25, 0.3) is 5.56 Å². The second-order valence-electron chi connectivity index (χ2n) is 5.62. The van der Waals surface area contributed by atoms with Crippen LogP contribution >= 0.6 is 11.3 Å². The van der Waals surface area contributed by atoms with Crippen LogP contribution in [0.4, 0.5) is 0 Å². The number of nitrogens with zero attached hydrogens (tertiary/aromatic N) is 4. The maximum Gasteiger partial charge on any atom is 0.275 e. The summed E-state index contributed by atoms with van der Waals surface area (Å²) < 4.78 is 1.41. The third-order valence-corrected chi connectivity index (χ3v) is 4.82. The van der Waals surface area contributed by atoms with Gasteiger partial charge in [0.05, 0.1) is 5.69 Å². The van der Waals surface area contributed by atoms with Gasteiger partial charge in [-0.2, -0.15) is 9.61 Å². The molecule has 3 heterocycles. The molecule has 3 rings (SSSR count). The number of fused-ring (bicyclic) bond motifs is 1. The van der Waals surface area contributed by atoms with E-state index < -0.39 is 0 Å². The first kappa shape index (κ1) is 14.6. The average molecular weight is 307 g/mol. The molecule has 114 valence electrons. The van der Waals surface area contributed by atoms with Crippen molar-refractivity contribution >= 4 is 16.3 Å². The van der Waals surface area contributed by atoms with Gasteiger partial charge in [0, 0.05) is 25.2 Å². The van der Waals surface area contributed by atoms with Crippen molar-refractivity contribution in [1.82, 2.24) is 24.8 Å². The zero-order chi connectivity index (χ0) is 14.8. The first-order valence-electron chi connectivity index (χ1n) is 7.46. The van der Waals surface area contributed by atoms with Gasteiger partial charge in [-0.25, -0.2) is 4.98 Å². The summed E-state index contributed by atoms with van der Waals surface area (Å²) in [5.74, 6) is 0. The number of hydrogen-bond acceptors (Lipinski definition) is 6. The number of aromatic nitrogens is 3. The van der Waals surface area contributed by atoms with E-state index in [1.54, 1.807) is 6.07 Å². The molecular formula is C14H21N5OS. The van der Waals surface area contributed by atoms with E-state index in [1.807, 2.05) is 6.92 Å². The highest BCUT2D eigenvalue weighted by atomic mass is 32.1. The lowest BCUT2D eigenvalue weighted by atomic mass is 10.2. The SMILES string of the molecule is CCc1nn2c(=O)cc(CN(C)CC3CCCN3)nc2s1. The molecule has 0 aromatic carbocycles. The number of nitrogens with one attached hydrogen (secondary N) is 1. The first-order valence-corrected chi connectivity index (χ1v) is 8.28. The minimum absolute atomic E-state index is 0.0849. The minimum Gasteiger partial charge on any atom is -0.313 e. The Morgan fingerprint density at radius 3 is 3.14 bits per heavy atom. The molecule has 1 unspecified atom stereocenters. The summed E-state index contributed by atoms with van der Waals surface area (Å²) in [6.45, 7) is 4.84. The molecule has 2 aromatic heterocycles. The quantitative estimate of drug-likeness (QED) is 0.889. The molecule has 7 heteroatoms. The van der Waals surface area contributed by atoms with E-state index in [0.717, 1.165) is 30.2 Å². The van der Waals surface area contributed by atoms with Gasteiger partial charge in [-0.1, -0.05) is 18.3 Å². The molecule has 6 nitrogen and oxygen atoms in total. The van der Waals surface area contributed by atoms with Crippen LogP contribution in [-0.2, 0) is 13.0 Å². The molecule has 1 atom stereocenters. The summed E-state index contributed by atoms with van der Waals surface area (Å²) in [4.78, 5) is 19.6. The van der Waals surface area contributed by atoms with Crippen LogP contribution in [0, 0.1) is 0 Å². The van der Waals surface area contributed by atoms with E-state index in [4.69, 9.17) is 0 Å². The standard InChI is InChI=1S/C14H21N5OS/c1-3-12-17-19-13(20)7-11(16-14(19)21-12)9-18(2)8-10-5-4-6-15-10/h7,10,15H,3-6,8-9H2,1-2H3. The maximum atomic E-state index is 12.1. The van der Waals surface area contributed by atoms with Crippen molar-refractivity contribution in [2.75, 3.05) is 20.1 Å². The van der Waals surface area contributed by atoms with Gasteiger partial charge in [-0.05, 0) is 32.9 Å². The lowest BCUT2D eigenvalue weighted by molar-refractivity contribution is 0.290. The number of hydrogen-bond donors (Lipinski definition) is 1. The van der Waals surface area contributed by atoms with Crippen molar-refractivity contribution in [2.24, 2.45) is 0 Å². The second kappa shape index (κ2) is 6.21. The zero-order valence-electron chi connectivity index (χ0n) is 12.5. The molecule has 2 aromatic rings. The molecule has 1 fully saturated rings. The average Bonchev–Trinajstić information content (AvgIpc) is 3.07. The molecule has 0 saturated carbocycles. The number of rotatable bonds is 5. The molecule has 1 N–H and O–H groups in total. The predicted molar refractivity (Wildman–Crippen MR) is 83.9 cm³/mol. The van der Waals surface area contributed by atoms with Gasteiger partial charge >= 0.3 is 0 Å². The monoisotopic (exact) mass is 307 g/mol. The Labute approximate surface area is 127 Å². The fraction of sp³-hybridized carbons (Fsp3) is 0.643. The van der Waals surface area contributed by atoms with Crippen molar-refractivity contribution in [3.05, 3.63) is 27.1 Å². The second-order valence-corrected chi connectivity index (χ2v) is 6.66. The summed E-state index contributed by atoms with van der Waals surface area (Å²) in [6, 6.07) is 2.17. The van der Waals surface area contributed by atoms with E-state index in [-0.39, 0.29) is 5.56 Å². The summed E-state index contributed by atoms with van der Waals surface area (Å²) in [5.41, 5.74) is 0.741. The van der Waals surface area contributed by atoms with Crippen LogP contribution < -0.4 is 10.9 Å². The molecule has 0 radical (unpaired) electrons. The van der Waals surface area contributed by atoms with Crippen molar-refractivity contribution < 1.29 is 0 Å². The Morgan fingerprint density at radius 1 is 1.57 bits per heavy atom. The summed E-state index contributed by atoms with van der Waals surface area (Å²) in [6.07, 6.45) is 3.31. The normalized spacial score (nSPS) is 18.9. The Morgan fingerprint density at radius 2 is 2.43 bits per heavy atom. The van der Waals surface area contributed by atoms with Crippen molar-refractivity contribution in [3.8, 4) is 0 Å². The van der Waals surface area contributed by atoms with Crippen LogP contribution in [0.2, 0.25) is 0 Å². The third-order valence-electron chi connectivity index (χ3n) is 3.77. The molecule has 0 amide bonds. The van der Waals surface area contributed by atoms with Gasteiger partial charge in [0.1, 0.15) is 5.01 Å². The Bertz CT molecular complexity index is 674. The lowest BCUT2D eigenvalue weighted by Crippen LogP contribution is -2.35. The van der Waals surface area contributed by atoms with E-state index in [2.05, 4.69) is 27.3 Å². The van der Waals surface area contributed by atoms with Crippen LogP contribution in [0.5, 0.6) is 0 Å². The smallest absolute Gasteiger partial charge is 0.275 e. The van der Waals surface area contributed by atoms with Crippen LogP contribution in [0.1, 0.15) is 30.5 Å². The fourth-order valence-corrected chi connectivity index (χ4v) is 3.61. The molecule has 0 spiro atoms. The summed E-state index contributed by atoms with van der Waals surface area (Å²) in [5, 5.41) is 8.70. The maximum absolute atomic E-state index is 12.1. The van der Waals surface area contributed by atoms with Crippen LogP contribution in [0.15, 0.2) is 10.9 Å². The van der Waals surface area contributed by atoms with Gasteiger partial charge < -0.3 is 5.32 Å². The first-order chi connectivity index (χ1) is 10.2. The highest BCUT2D eigenvalue weighted by Crippen LogP contribution is 2.13. The lowest BCUT2D eigenvalue weighted by Gasteiger charge is -2.20. The molecule has 1 saturated heterocycles. The predicted octanol–water partition coefficient (Wildman–Crippen LogP) is 0.897. The number of aryl methyl sites for hydroxylation is 1. The van der Waals surface area contributed by atoms with Crippen molar-refractivity contribution in [1.29, 1.82) is 0 Å². The van der Waals surface area contributed by atoms with E-state index in [0.29, 0.717) is 17.5 Å². The Kier molecular flexibility index (Phi) is 4.32. The molecule has 0 aliphatic carbocycles. The molecule has 1 aliphatic rings. The van der Waals surface area contributed by atoms with Gasteiger partial charge in [0.2, 0.25) is 4.96 Å². The zero-order valence-corrected chi connectivity index (χ0v) is 13.3.